The fraction of sp³-hybridized carbons (Fsp3) is 0.350. The van der Waals surface area contributed by atoms with Gasteiger partial charge in [-0.25, -0.2) is 0 Å². The van der Waals surface area contributed by atoms with Gasteiger partial charge in [0, 0.05) is 13.0 Å². The molecule has 0 saturated carbocycles. The van der Waals surface area contributed by atoms with Crippen LogP contribution in [0.2, 0.25) is 0 Å². The summed E-state index contributed by atoms with van der Waals surface area (Å²) in [6.07, 6.45) is 0.118. The van der Waals surface area contributed by atoms with E-state index in [2.05, 4.69) is 34.7 Å². The Morgan fingerprint density at radius 3 is 2.29 bits per heavy atom. The molecule has 2 rings (SSSR count). The van der Waals surface area contributed by atoms with Crippen molar-refractivity contribution in [2.24, 2.45) is 4.99 Å². The van der Waals surface area contributed by atoms with Crippen LogP contribution in [0.5, 0.6) is 0 Å². The zero-order valence-corrected chi connectivity index (χ0v) is 14.4. The van der Waals surface area contributed by atoms with E-state index in [0.717, 1.165) is 18.1 Å². The Balaban J connectivity index is 1.92. The second kappa shape index (κ2) is 9.73. The summed E-state index contributed by atoms with van der Waals surface area (Å²) in [4.78, 5) is 4.52. The second-order valence-electron chi connectivity index (χ2n) is 5.84. The number of nitrogens with zero attached hydrogens (tertiary/aromatic N) is 1. The van der Waals surface area contributed by atoms with E-state index in [1.807, 2.05) is 55.5 Å². The number of benzene rings is 2. The van der Waals surface area contributed by atoms with Gasteiger partial charge in [-0.1, -0.05) is 60.7 Å². The summed E-state index contributed by atoms with van der Waals surface area (Å²) < 4.78 is 0. The van der Waals surface area contributed by atoms with Gasteiger partial charge in [-0.2, -0.15) is 0 Å². The highest BCUT2D eigenvalue weighted by molar-refractivity contribution is 5.80. The molecule has 128 valence electrons. The van der Waals surface area contributed by atoms with Gasteiger partial charge in [0.1, 0.15) is 0 Å². The predicted octanol–water partition coefficient (Wildman–Crippen LogP) is 2.91. The van der Waals surface area contributed by atoms with Crippen LogP contribution in [0.25, 0.3) is 0 Å². The second-order valence-corrected chi connectivity index (χ2v) is 5.84. The van der Waals surface area contributed by atoms with E-state index in [1.165, 1.54) is 5.56 Å². The minimum atomic E-state index is -0.491. The van der Waals surface area contributed by atoms with Crippen LogP contribution in [-0.4, -0.2) is 30.3 Å². The highest BCUT2D eigenvalue weighted by atomic mass is 16.3. The lowest BCUT2D eigenvalue weighted by atomic mass is 10.1. The number of aliphatic imine (C=N–C) groups is 1. The molecule has 0 aliphatic heterocycles. The molecule has 0 spiro atoms. The Morgan fingerprint density at radius 2 is 1.67 bits per heavy atom. The summed E-state index contributed by atoms with van der Waals surface area (Å²) in [7, 11) is 0. The van der Waals surface area contributed by atoms with Crippen LogP contribution in [0.1, 0.15) is 31.0 Å². The molecule has 24 heavy (non-hydrogen) atoms. The van der Waals surface area contributed by atoms with Crippen molar-refractivity contribution in [2.75, 3.05) is 13.1 Å². The van der Waals surface area contributed by atoms with Crippen molar-refractivity contribution >= 4 is 5.96 Å². The largest absolute Gasteiger partial charge is 0.391 e. The fourth-order valence-corrected chi connectivity index (χ4v) is 2.50. The number of hydrogen-bond acceptors (Lipinski definition) is 2. The molecule has 0 heterocycles. The van der Waals surface area contributed by atoms with Crippen LogP contribution in [0, 0.1) is 0 Å². The molecule has 2 aromatic carbocycles. The summed E-state index contributed by atoms with van der Waals surface area (Å²) >= 11 is 0. The van der Waals surface area contributed by atoms with Gasteiger partial charge in [0.05, 0.1) is 18.7 Å². The van der Waals surface area contributed by atoms with E-state index in [4.69, 9.17) is 0 Å². The maximum absolute atomic E-state index is 10.2. The van der Waals surface area contributed by atoms with Crippen LogP contribution in [-0.2, 0) is 6.42 Å². The lowest BCUT2D eigenvalue weighted by molar-refractivity contribution is 0.183. The van der Waals surface area contributed by atoms with E-state index in [-0.39, 0.29) is 6.04 Å². The first-order chi connectivity index (χ1) is 11.7. The van der Waals surface area contributed by atoms with Gasteiger partial charge in [-0.3, -0.25) is 4.99 Å². The van der Waals surface area contributed by atoms with Crippen molar-refractivity contribution in [1.82, 2.24) is 10.6 Å². The summed E-state index contributed by atoms with van der Waals surface area (Å²) in [6, 6.07) is 20.4. The van der Waals surface area contributed by atoms with Crippen LogP contribution in [0.4, 0.5) is 0 Å². The number of guanidine groups is 1. The standard InChI is InChI=1S/C20H27N3O/c1-3-21-20(23-16(2)18-12-8-5-9-13-18)22-15-19(24)14-17-10-6-4-7-11-17/h4-13,16,19,24H,3,14-15H2,1-2H3,(H2,21,22,23). The molecule has 2 atom stereocenters. The van der Waals surface area contributed by atoms with Gasteiger partial charge in [-0.15, -0.1) is 0 Å². The lowest BCUT2D eigenvalue weighted by Crippen LogP contribution is -2.39. The van der Waals surface area contributed by atoms with Gasteiger partial charge in [0.25, 0.3) is 0 Å². The summed E-state index contributed by atoms with van der Waals surface area (Å²) in [5.41, 5.74) is 2.32. The molecule has 2 aromatic rings. The number of aliphatic hydroxyl groups is 1. The smallest absolute Gasteiger partial charge is 0.191 e. The molecule has 0 aliphatic rings. The number of rotatable bonds is 7. The third-order valence-electron chi connectivity index (χ3n) is 3.77. The minimum absolute atomic E-state index is 0.148. The van der Waals surface area contributed by atoms with Crippen molar-refractivity contribution < 1.29 is 5.11 Å². The van der Waals surface area contributed by atoms with Gasteiger partial charge in [-0.05, 0) is 25.0 Å². The summed E-state index contributed by atoms with van der Waals surface area (Å²) in [5, 5.41) is 16.8. The van der Waals surface area contributed by atoms with Crippen LogP contribution >= 0.6 is 0 Å². The summed E-state index contributed by atoms with van der Waals surface area (Å²) in [5.74, 6) is 0.723. The van der Waals surface area contributed by atoms with Crippen LogP contribution < -0.4 is 10.6 Å². The van der Waals surface area contributed by atoms with Gasteiger partial charge < -0.3 is 15.7 Å². The Hall–Kier alpha value is -2.33. The highest BCUT2D eigenvalue weighted by Crippen LogP contribution is 2.10. The molecular formula is C20H27N3O. The Kier molecular flexibility index (Phi) is 7.30. The van der Waals surface area contributed by atoms with Crippen molar-refractivity contribution in [2.45, 2.75) is 32.4 Å². The molecule has 0 aromatic heterocycles. The molecular weight excluding hydrogens is 298 g/mol. The van der Waals surface area contributed by atoms with Gasteiger partial charge >= 0.3 is 0 Å². The monoisotopic (exact) mass is 325 g/mol. The molecule has 0 radical (unpaired) electrons. The third-order valence-corrected chi connectivity index (χ3v) is 3.77. The Labute approximate surface area is 144 Å². The van der Waals surface area contributed by atoms with Gasteiger partial charge in [0.15, 0.2) is 5.96 Å². The average Bonchev–Trinajstić information content (AvgIpc) is 2.61. The normalized spacial score (nSPS) is 14.0. The topological polar surface area (TPSA) is 56.7 Å². The van der Waals surface area contributed by atoms with Crippen molar-refractivity contribution in [3.05, 3.63) is 71.8 Å². The van der Waals surface area contributed by atoms with Crippen LogP contribution in [0.15, 0.2) is 65.7 Å². The number of aliphatic hydroxyl groups excluding tert-OH is 1. The van der Waals surface area contributed by atoms with E-state index in [9.17, 15) is 5.11 Å². The molecule has 0 fully saturated rings. The molecule has 3 N–H and O–H groups in total. The first kappa shape index (κ1) is 18.0. The zero-order valence-electron chi connectivity index (χ0n) is 14.4. The van der Waals surface area contributed by atoms with E-state index in [0.29, 0.717) is 13.0 Å². The predicted molar refractivity (Wildman–Crippen MR) is 100 cm³/mol. The molecule has 2 unspecified atom stereocenters. The quantitative estimate of drug-likeness (QED) is 0.542. The fourth-order valence-electron chi connectivity index (χ4n) is 2.50. The lowest BCUT2D eigenvalue weighted by Gasteiger charge is -2.18. The van der Waals surface area contributed by atoms with Crippen molar-refractivity contribution in [1.29, 1.82) is 0 Å². The summed E-state index contributed by atoms with van der Waals surface area (Å²) in [6.45, 7) is 5.28. The van der Waals surface area contributed by atoms with E-state index in [1.54, 1.807) is 0 Å². The van der Waals surface area contributed by atoms with E-state index < -0.39 is 6.10 Å². The molecule has 4 heteroatoms. The molecule has 0 aliphatic carbocycles. The third kappa shape index (κ3) is 6.05. The number of nitrogens with one attached hydrogen (secondary N) is 2. The van der Waals surface area contributed by atoms with Gasteiger partial charge in [0.2, 0.25) is 0 Å². The maximum Gasteiger partial charge on any atom is 0.191 e. The van der Waals surface area contributed by atoms with Crippen LogP contribution in [0.3, 0.4) is 0 Å². The first-order valence-electron chi connectivity index (χ1n) is 8.50. The molecule has 4 nitrogen and oxygen atoms in total. The molecule has 0 amide bonds. The highest BCUT2D eigenvalue weighted by Gasteiger charge is 2.09. The first-order valence-corrected chi connectivity index (χ1v) is 8.50. The molecule has 0 bridgehead atoms. The number of hydrogen-bond donors (Lipinski definition) is 3. The van der Waals surface area contributed by atoms with Crippen molar-refractivity contribution in [3.63, 3.8) is 0 Å². The maximum atomic E-state index is 10.2. The average molecular weight is 325 g/mol. The SMILES string of the molecule is CCNC(=NCC(O)Cc1ccccc1)NC(C)c1ccccc1. The minimum Gasteiger partial charge on any atom is -0.391 e. The molecule has 0 saturated heterocycles. The van der Waals surface area contributed by atoms with Crippen molar-refractivity contribution in [3.8, 4) is 0 Å². The zero-order chi connectivity index (χ0) is 17.2. The Bertz CT molecular complexity index is 613. The Morgan fingerprint density at radius 1 is 1.04 bits per heavy atom. The van der Waals surface area contributed by atoms with E-state index >= 15 is 0 Å².